The molecule has 9 heteroatoms. The topological polar surface area (TPSA) is 119 Å². The fourth-order valence-corrected chi connectivity index (χ4v) is 2.68. The van der Waals surface area contributed by atoms with Crippen molar-refractivity contribution in [3.05, 3.63) is 35.4 Å². The average Bonchev–Trinajstić information content (AvgIpc) is 2.88. The van der Waals surface area contributed by atoms with Crippen LogP contribution in [0, 0.1) is 5.92 Å². The van der Waals surface area contributed by atoms with Crippen LogP contribution in [0.4, 0.5) is 4.79 Å². The van der Waals surface area contributed by atoms with Gasteiger partial charge in [-0.3, -0.25) is 24.6 Å². The molecule has 0 spiro atoms. The molecular formula is C18H20N2O7. The highest BCUT2D eigenvalue weighted by molar-refractivity contribution is 6.22. The van der Waals surface area contributed by atoms with E-state index in [2.05, 4.69) is 4.74 Å². The maximum atomic E-state index is 12.6. The van der Waals surface area contributed by atoms with Crippen LogP contribution in [0.15, 0.2) is 24.3 Å². The van der Waals surface area contributed by atoms with E-state index in [9.17, 15) is 24.0 Å². The van der Waals surface area contributed by atoms with Gasteiger partial charge in [0.15, 0.2) is 6.61 Å². The Morgan fingerprint density at radius 3 is 2.11 bits per heavy atom. The predicted molar refractivity (Wildman–Crippen MR) is 91.7 cm³/mol. The van der Waals surface area contributed by atoms with Gasteiger partial charge < -0.3 is 9.47 Å². The summed E-state index contributed by atoms with van der Waals surface area (Å²) >= 11 is 0. The van der Waals surface area contributed by atoms with Gasteiger partial charge in [-0.05, 0) is 24.5 Å². The molecule has 1 aromatic rings. The number of carbonyl (C=O) groups excluding carboxylic acids is 5. The summed E-state index contributed by atoms with van der Waals surface area (Å²) in [5.41, 5.74) is 0.431. The van der Waals surface area contributed by atoms with E-state index in [1.165, 1.54) is 12.1 Å². The number of fused-ring (bicyclic) bond motifs is 1. The van der Waals surface area contributed by atoms with Gasteiger partial charge in [-0.1, -0.05) is 26.0 Å². The minimum absolute atomic E-state index is 0.0317. The third-order valence-electron chi connectivity index (χ3n) is 3.88. The molecule has 9 nitrogen and oxygen atoms in total. The molecule has 0 aromatic heterocycles. The zero-order valence-corrected chi connectivity index (χ0v) is 15.2. The number of ether oxygens (including phenoxy) is 2. The monoisotopic (exact) mass is 376 g/mol. The normalized spacial score (nSPS) is 14.0. The van der Waals surface area contributed by atoms with E-state index in [1.54, 1.807) is 12.1 Å². The van der Waals surface area contributed by atoms with Gasteiger partial charge in [-0.2, -0.15) is 0 Å². The summed E-state index contributed by atoms with van der Waals surface area (Å²) in [6.07, 6.45) is -0.821. The first-order chi connectivity index (χ1) is 12.8. The number of hydrogen-bond donors (Lipinski definition) is 1. The van der Waals surface area contributed by atoms with E-state index >= 15 is 0 Å². The van der Waals surface area contributed by atoms with Crippen molar-refractivity contribution in [2.24, 2.45) is 5.92 Å². The van der Waals surface area contributed by atoms with Crippen molar-refractivity contribution in [1.29, 1.82) is 0 Å². The van der Waals surface area contributed by atoms with E-state index in [0.29, 0.717) is 0 Å². The molecule has 0 bridgehead atoms. The molecule has 144 valence electrons. The number of methoxy groups -OCH3 is 1. The number of benzene rings is 1. The average molecular weight is 376 g/mol. The number of rotatable bonds is 6. The van der Waals surface area contributed by atoms with Gasteiger partial charge in [0.05, 0.1) is 18.2 Å². The van der Waals surface area contributed by atoms with Gasteiger partial charge >= 0.3 is 12.1 Å². The summed E-state index contributed by atoms with van der Waals surface area (Å²) < 4.78 is 9.18. The number of nitrogens with zero attached hydrogens (tertiary/aromatic N) is 1. The molecule has 0 unspecified atom stereocenters. The number of carbonyl (C=O) groups is 5. The fraction of sp³-hybridized carbons (Fsp3) is 0.389. The Morgan fingerprint density at radius 1 is 1.07 bits per heavy atom. The Labute approximate surface area is 155 Å². The van der Waals surface area contributed by atoms with Crippen LogP contribution in [-0.4, -0.2) is 54.4 Å². The van der Waals surface area contributed by atoms with Gasteiger partial charge in [-0.15, -0.1) is 0 Å². The summed E-state index contributed by atoms with van der Waals surface area (Å²) in [7, 11) is 1.08. The Morgan fingerprint density at radius 2 is 1.63 bits per heavy atom. The molecule has 1 aliphatic rings. The van der Waals surface area contributed by atoms with Gasteiger partial charge in [0, 0.05) is 0 Å². The van der Waals surface area contributed by atoms with E-state index < -0.39 is 42.4 Å². The van der Waals surface area contributed by atoms with Crippen molar-refractivity contribution >= 4 is 29.8 Å². The standard InChI is InChI=1S/C18H20N2O7/c1-10(2)8-13(17(24)27-9-14(21)19-18(25)26-3)20-15(22)11-6-4-5-7-12(11)16(20)23/h4-7,10,13H,8-9H2,1-3H3,(H,19,21,25)/t13-/m0/s1. The molecule has 1 aromatic carbocycles. The predicted octanol–water partition coefficient (Wildman–Crippen LogP) is 1.12. The number of esters is 1. The second kappa shape index (κ2) is 8.43. The Kier molecular flexibility index (Phi) is 6.27. The summed E-state index contributed by atoms with van der Waals surface area (Å²) in [4.78, 5) is 61.1. The zero-order chi connectivity index (χ0) is 20.1. The molecule has 1 N–H and O–H groups in total. The number of amides is 4. The highest BCUT2D eigenvalue weighted by Gasteiger charge is 2.43. The van der Waals surface area contributed by atoms with E-state index in [1.807, 2.05) is 19.2 Å². The highest BCUT2D eigenvalue weighted by atomic mass is 16.5. The van der Waals surface area contributed by atoms with Crippen LogP contribution in [-0.2, 0) is 19.1 Å². The third-order valence-corrected chi connectivity index (χ3v) is 3.88. The molecule has 4 amide bonds. The Balaban J connectivity index is 2.15. The van der Waals surface area contributed by atoms with Crippen molar-refractivity contribution < 1.29 is 33.4 Å². The fourth-order valence-electron chi connectivity index (χ4n) is 2.68. The lowest BCUT2D eigenvalue weighted by Crippen LogP contribution is -2.47. The van der Waals surface area contributed by atoms with Crippen LogP contribution in [0.25, 0.3) is 0 Å². The summed E-state index contributed by atoms with van der Waals surface area (Å²) in [6, 6.07) is 5.10. The molecule has 1 aliphatic heterocycles. The zero-order valence-electron chi connectivity index (χ0n) is 15.2. The highest BCUT2D eigenvalue weighted by Crippen LogP contribution is 2.27. The van der Waals surface area contributed by atoms with E-state index in [0.717, 1.165) is 12.0 Å². The van der Waals surface area contributed by atoms with Gasteiger partial charge in [0.1, 0.15) is 6.04 Å². The quantitative estimate of drug-likeness (QED) is 0.584. The summed E-state index contributed by atoms with van der Waals surface area (Å²) in [5, 5.41) is 1.84. The molecule has 1 heterocycles. The van der Waals surface area contributed by atoms with Crippen LogP contribution < -0.4 is 5.32 Å². The summed E-state index contributed by atoms with van der Waals surface area (Å²) in [5.74, 6) is -3.00. The Hall–Kier alpha value is -3.23. The van der Waals surface area contributed by atoms with Crippen LogP contribution in [0.1, 0.15) is 41.0 Å². The lowest BCUT2D eigenvalue weighted by atomic mass is 10.0. The van der Waals surface area contributed by atoms with Crippen LogP contribution >= 0.6 is 0 Å². The first kappa shape index (κ1) is 20.1. The number of alkyl carbamates (subject to hydrolysis) is 1. The van der Waals surface area contributed by atoms with Crippen molar-refractivity contribution in [1.82, 2.24) is 10.2 Å². The first-order valence-corrected chi connectivity index (χ1v) is 8.27. The third kappa shape index (κ3) is 4.49. The second-order valence-electron chi connectivity index (χ2n) is 6.32. The molecular weight excluding hydrogens is 356 g/mol. The maximum Gasteiger partial charge on any atom is 0.413 e. The number of imide groups is 2. The lowest BCUT2D eigenvalue weighted by molar-refractivity contribution is -0.152. The molecule has 0 saturated carbocycles. The van der Waals surface area contributed by atoms with Crippen molar-refractivity contribution in [3.63, 3.8) is 0 Å². The minimum Gasteiger partial charge on any atom is -0.454 e. The van der Waals surface area contributed by atoms with Crippen molar-refractivity contribution in [3.8, 4) is 0 Å². The van der Waals surface area contributed by atoms with Crippen molar-refractivity contribution in [2.75, 3.05) is 13.7 Å². The first-order valence-electron chi connectivity index (χ1n) is 8.27. The molecule has 2 rings (SSSR count). The van der Waals surface area contributed by atoms with E-state index in [4.69, 9.17) is 4.74 Å². The van der Waals surface area contributed by atoms with E-state index in [-0.39, 0.29) is 23.5 Å². The Bertz CT molecular complexity index is 753. The SMILES string of the molecule is COC(=O)NC(=O)COC(=O)[C@H](CC(C)C)N1C(=O)c2ccccc2C1=O. The van der Waals surface area contributed by atoms with Crippen LogP contribution in [0.3, 0.4) is 0 Å². The molecule has 27 heavy (non-hydrogen) atoms. The maximum absolute atomic E-state index is 12.6. The lowest BCUT2D eigenvalue weighted by Gasteiger charge is -2.25. The molecule has 0 radical (unpaired) electrons. The second-order valence-corrected chi connectivity index (χ2v) is 6.32. The van der Waals surface area contributed by atoms with Gasteiger partial charge in [0.2, 0.25) is 0 Å². The van der Waals surface area contributed by atoms with Crippen LogP contribution in [0.2, 0.25) is 0 Å². The minimum atomic E-state index is -1.18. The van der Waals surface area contributed by atoms with Crippen molar-refractivity contribution in [2.45, 2.75) is 26.3 Å². The molecule has 0 aliphatic carbocycles. The number of nitrogens with one attached hydrogen (secondary N) is 1. The largest absolute Gasteiger partial charge is 0.454 e. The van der Waals surface area contributed by atoms with Gasteiger partial charge in [-0.25, -0.2) is 9.59 Å². The van der Waals surface area contributed by atoms with Gasteiger partial charge in [0.25, 0.3) is 17.7 Å². The smallest absolute Gasteiger partial charge is 0.413 e. The molecule has 0 saturated heterocycles. The molecule has 0 fully saturated rings. The number of hydrogen-bond acceptors (Lipinski definition) is 7. The summed E-state index contributed by atoms with van der Waals surface area (Å²) in [6.45, 7) is 2.90. The van der Waals surface area contributed by atoms with Crippen LogP contribution in [0.5, 0.6) is 0 Å². The molecule has 1 atom stereocenters.